The fraction of sp³-hybridized carbons (Fsp3) is 0.295. The van der Waals surface area contributed by atoms with Gasteiger partial charge in [-0.25, -0.2) is 0 Å². The Morgan fingerprint density at radius 3 is 2.09 bits per heavy atom. The number of unbranched alkanes of at least 4 members (excludes halogenated alkanes) is 4. The van der Waals surface area contributed by atoms with E-state index in [-0.39, 0.29) is 35.1 Å². The SMILES string of the molecule is C[N+]1=C(C=CC=CC=C2N(CCCCCC(=O)NCCCCCC(=O)N3Cc4ccccc4C#Cc4ccccc43)c3ccc4ccccc4c3C2(C)C)C(C)(C)c2c1ccc1ccccc21.[Cl-]. The number of nitrogens with one attached hydrogen (secondary N) is 1. The molecule has 3 aliphatic rings. The van der Waals surface area contributed by atoms with E-state index in [1.807, 2.05) is 47.4 Å². The Labute approximate surface area is 409 Å². The molecule has 0 aliphatic carbocycles. The van der Waals surface area contributed by atoms with Crippen LogP contribution >= 0.6 is 0 Å². The fourth-order valence-electron chi connectivity index (χ4n) is 10.8. The zero-order valence-corrected chi connectivity index (χ0v) is 41.0. The van der Waals surface area contributed by atoms with Gasteiger partial charge in [-0.1, -0.05) is 142 Å². The van der Waals surface area contributed by atoms with Gasteiger partial charge in [0.25, 0.3) is 0 Å². The Morgan fingerprint density at radius 2 is 1.29 bits per heavy atom. The van der Waals surface area contributed by atoms with E-state index in [0.29, 0.717) is 25.9 Å². The molecule has 6 nitrogen and oxygen atoms in total. The molecule has 68 heavy (non-hydrogen) atoms. The van der Waals surface area contributed by atoms with E-state index in [2.05, 4.69) is 171 Å². The molecule has 7 heteroatoms. The molecule has 3 heterocycles. The average Bonchev–Trinajstić information content (AvgIpc) is 3.67. The van der Waals surface area contributed by atoms with Crippen molar-refractivity contribution in [2.45, 2.75) is 96.4 Å². The Morgan fingerprint density at radius 1 is 0.647 bits per heavy atom. The van der Waals surface area contributed by atoms with Crippen LogP contribution in [0.2, 0.25) is 0 Å². The fourth-order valence-corrected chi connectivity index (χ4v) is 10.8. The van der Waals surface area contributed by atoms with Gasteiger partial charge in [-0.15, -0.1) is 0 Å². The molecule has 0 saturated carbocycles. The van der Waals surface area contributed by atoms with Crippen molar-refractivity contribution in [3.8, 4) is 11.8 Å². The lowest BCUT2D eigenvalue weighted by atomic mass is 9.79. The van der Waals surface area contributed by atoms with E-state index in [4.69, 9.17) is 0 Å². The lowest BCUT2D eigenvalue weighted by molar-refractivity contribution is -0.401. The van der Waals surface area contributed by atoms with Gasteiger partial charge in [0.15, 0.2) is 5.71 Å². The molecule has 3 aliphatic heterocycles. The number of para-hydroxylation sites is 1. The normalized spacial score (nSPS) is 16.0. The minimum atomic E-state index is -0.193. The van der Waals surface area contributed by atoms with Crippen LogP contribution in [0.4, 0.5) is 17.1 Å². The van der Waals surface area contributed by atoms with Crippen LogP contribution in [-0.4, -0.2) is 42.2 Å². The van der Waals surface area contributed by atoms with Crippen LogP contribution in [0.3, 0.4) is 0 Å². The number of amides is 2. The number of carbonyl (C=O) groups is 2. The Balaban J connectivity index is 0.00000625. The minimum Gasteiger partial charge on any atom is -1.00 e. The van der Waals surface area contributed by atoms with Crippen LogP contribution in [0, 0.1) is 11.8 Å². The number of nitrogens with zero attached hydrogens (tertiary/aromatic N) is 3. The first-order valence-electron chi connectivity index (χ1n) is 24.3. The van der Waals surface area contributed by atoms with Gasteiger partial charge in [-0.3, -0.25) is 9.59 Å². The number of carbonyl (C=O) groups excluding carboxylic acids is 2. The summed E-state index contributed by atoms with van der Waals surface area (Å²) in [6.45, 7) is 11.4. The molecule has 0 atom stereocenters. The summed E-state index contributed by atoms with van der Waals surface area (Å²) in [7, 11) is 2.18. The van der Waals surface area contributed by atoms with Gasteiger partial charge in [0.1, 0.15) is 7.05 Å². The number of benzene rings is 6. The van der Waals surface area contributed by atoms with Crippen LogP contribution in [0.1, 0.15) is 107 Å². The predicted molar refractivity (Wildman–Crippen MR) is 279 cm³/mol. The molecule has 6 aromatic carbocycles. The Bertz CT molecular complexity index is 3070. The highest BCUT2D eigenvalue weighted by atomic mass is 35.5. The molecule has 1 N–H and O–H groups in total. The number of hydrogen-bond donors (Lipinski definition) is 1. The second-order valence-electron chi connectivity index (χ2n) is 19.4. The summed E-state index contributed by atoms with van der Waals surface area (Å²) in [6.07, 6.45) is 17.4. The van der Waals surface area contributed by atoms with E-state index in [9.17, 15) is 9.59 Å². The second kappa shape index (κ2) is 20.7. The van der Waals surface area contributed by atoms with Crippen LogP contribution in [0.5, 0.6) is 0 Å². The third-order valence-electron chi connectivity index (χ3n) is 14.2. The van der Waals surface area contributed by atoms with E-state index in [1.165, 1.54) is 55.5 Å². The first-order valence-corrected chi connectivity index (χ1v) is 24.3. The highest BCUT2D eigenvalue weighted by molar-refractivity contribution is 6.07. The number of allylic oxidation sites excluding steroid dienone is 6. The summed E-state index contributed by atoms with van der Waals surface area (Å²) in [6, 6.07) is 42.5. The molecule has 2 amide bonds. The molecule has 0 fully saturated rings. The van der Waals surface area contributed by atoms with E-state index >= 15 is 0 Å². The Hall–Kier alpha value is -6.68. The van der Waals surface area contributed by atoms with E-state index in [0.717, 1.165) is 67.4 Å². The minimum absolute atomic E-state index is 0. The first kappa shape index (κ1) is 47.8. The van der Waals surface area contributed by atoms with Crippen molar-refractivity contribution in [2.75, 3.05) is 29.9 Å². The van der Waals surface area contributed by atoms with Gasteiger partial charge >= 0.3 is 0 Å². The average molecular weight is 920 g/mol. The highest BCUT2D eigenvalue weighted by Gasteiger charge is 2.44. The van der Waals surface area contributed by atoms with Crippen molar-refractivity contribution in [1.29, 1.82) is 0 Å². The molecule has 0 spiro atoms. The van der Waals surface area contributed by atoms with Crippen molar-refractivity contribution in [1.82, 2.24) is 5.32 Å². The van der Waals surface area contributed by atoms with E-state index in [1.54, 1.807) is 0 Å². The van der Waals surface area contributed by atoms with Gasteiger partial charge in [0.05, 0.1) is 17.6 Å². The number of anilines is 2. The molecule has 0 saturated heterocycles. The van der Waals surface area contributed by atoms with Crippen molar-refractivity contribution >= 4 is 56.1 Å². The molecule has 346 valence electrons. The quantitative estimate of drug-likeness (QED) is 0.0484. The zero-order valence-electron chi connectivity index (χ0n) is 40.2. The molecule has 0 radical (unpaired) electrons. The summed E-state index contributed by atoms with van der Waals surface area (Å²) >= 11 is 0. The van der Waals surface area contributed by atoms with Gasteiger partial charge < -0.3 is 27.5 Å². The molecule has 9 rings (SSSR count). The monoisotopic (exact) mass is 918 g/mol. The summed E-state index contributed by atoms with van der Waals surface area (Å²) in [5.74, 6) is 6.78. The molecular weight excluding hydrogens is 856 g/mol. The maximum atomic E-state index is 13.6. The molecular formula is C61H63ClN4O2. The number of rotatable bonds is 15. The van der Waals surface area contributed by atoms with Gasteiger partial charge in [-0.05, 0) is 109 Å². The zero-order chi connectivity index (χ0) is 46.5. The van der Waals surface area contributed by atoms with Crippen LogP contribution in [0.25, 0.3) is 21.5 Å². The topological polar surface area (TPSA) is 55.7 Å². The number of hydrogen-bond acceptors (Lipinski definition) is 3. The molecule has 0 unspecified atom stereocenters. The third-order valence-corrected chi connectivity index (χ3v) is 14.2. The molecule has 0 aromatic heterocycles. The van der Waals surface area contributed by atoms with E-state index < -0.39 is 0 Å². The maximum Gasteiger partial charge on any atom is 0.227 e. The van der Waals surface area contributed by atoms with Gasteiger partial charge in [0, 0.05) is 71.6 Å². The third kappa shape index (κ3) is 9.55. The Kier molecular flexibility index (Phi) is 14.5. The van der Waals surface area contributed by atoms with Crippen LogP contribution in [-0.2, 0) is 27.0 Å². The predicted octanol–water partition coefficient (Wildman–Crippen LogP) is 9.98. The second-order valence-corrected chi connectivity index (χ2v) is 19.4. The summed E-state index contributed by atoms with van der Waals surface area (Å²) in [4.78, 5) is 30.9. The van der Waals surface area contributed by atoms with Crippen molar-refractivity contribution < 1.29 is 26.6 Å². The van der Waals surface area contributed by atoms with Crippen molar-refractivity contribution in [3.63, 3.8) is 0 Å². The number of fused-ring (bicyclic) bond motifs is 8. The first-order chi connectivity index (χ1) is 32.5. The summed E-state index contributed by atoms with van der Waals surface area (Å²) in [5, 5.41) is 8.31. The van der Waals surface area contributed by atoms with Crippen molar-refractivity contribution in [2.24, 2.45) is 0 Å². The largest absolute Gasteiger partial charge is 1.00 e. The lowest BCUT2D eigenvalue weighted by Gasteiger charge is -2.27. The maximum absolute atomic E-state index is 13.6. The lowest BCUT2D eigenvalue weighted by Crippen LogP contribution is -3.00. The molecule has 0 bridgehead atoms. The van der Waals surface area contributed by atoms with Crippen LogP contribution < -0.4 is 27.5 Å². The standard InChI is InChI=1S/C61H62N4O2.ClH/c1-60(2)54(63(5)52-39-37-45-24-15-18-28-49(45)58(52)60)31-9-6-10-32-55-61(3,4)59-50-29-19-16-25-46(50)38-40-53(59)64(55)42-22-8-11-33-56(66)62-41-21-7-12-34-57(67)65-43-48-27-14-13-23-44(48)35-36-47-26-17-20-30-51(47)65;/h6,9-10,13-20,23-32,37-40H,7-8,11-12,21-22,33-34,41-43H2,1-5H3;1H. The smallest absolute Gasteiger partial charge is 0.227 e. The van der Waals surface area contributed by atoms with Crippen molar-refractivity contribution in [3.05, 3.63) is 185 Å². The van der Waals surface area contributed by atoms with Gasteiger partial charge in [0.2, 0.25) is 17.5 Å². The summed E-state index contributed by atoms with van der Waals surface area (Å²) in [5.41, 5.74) is 11.3. The highest BCUT2D eigenvalue weighted by Crippen LogP contribution is 2.51. The summed E-state index contributed by atoms with van der Waals surface area (Å²) < 4.78 is 2.35. The van der Waals surface area contributed by atoms with Gasteiger partial charge in [-0.2, -0.15) is 4.58 Å². The molecule has 6 aromatic rings. The van der Waals surface area contributed by atoms with Crippen LogP contribution in [0.15, 0.2) is 157 Å². The number of halogens is 1.